The molecule has 3 nitrogen and oxygen atoms in total. The van der Waals surface area contributed by atoms with Crippen molar-refractivity contribution in [2.45, 2.75) is 50.7 Å². The minimum absolute atomic E-state index is 0.410. The molecule has 1 saturated heterocycles. The molecule has 0 spiro atoms. The van der Waals surface area contributed by atoms with Gasteiger partial charge in [-0.15, -0.1) is 0 Å². The van der Waals surface area contributed by atoms with E-state index in [0.29, 0.717) is 12.1 Å². The zero-order chi connectivity index (χ0) is 13.8. The summed E-state index contributed by atoms with van der Waals surface area (Å²) in [5, 5.41) is 3.72. The van der Waals surface area contributed by atoms with Crippen molar-refractivity contribution in [1.29, 1.82) is 0 Å². The van der Waals surface area contributed by atoms with Gasteiger partial charge in [0.1, 0.15) is 5.75 Å². The molecule has 1 aliphatic carbocycles. The maximum Gasteiger partial charge on any atom is 0.119 e. The van der Waals surface area contributed by atoms with Gasteiger partial charge in [0.2, 0.25) is 0 Å². The Kier molecular flexibility index (Phi) is 4.58. The van der Waals surface area contributed by atoms with E-state index in [-0.39, 0.29) is 0 Å². The van der Waals surface area contributed by atoms with E-state index in [1.54, 1.807) is 7.11 Å². The quantitative estimate of drug-likeness (QED) is 0.915. The average Bonchev–Trinajstić information content (AvgIpc) is 2.53. The third kappa shape index (κ3) is 3.15. The number of rotatable bonds is 4. The first kappa shape index (κ1) is 13.9. The van der Waals surface area contributed by atoms with Crippen molar-refractivity contribution in [2.24, 2.45) is 0 Å². The molecule has 2 aliphatic rings. The molecule has 1 fully saturated rings. The number of fused-ring (bicyclic) bond motifs is 1. The van der Waals surface area contributed by atoms with Crippen molar-refractivity contribution in [3.63, 3.8) is 0 Å². The summed E-state index contributed by atoms with van der Waals surface area (Å²) in [7, 11) is 1.74. The molecule has 3 rings (SSSR count). The fraction of sp³-hybridized carbons (Fsp3) is 0.647. The number of methoxy groups -OCH3 is 1. The zero-order valence-corrected chi connectivity index (χ0v) is 12.4. The predicted molar refractivity (Wildman–Crippen MR) is 80.3 cm³/mol. The second kappa shape index (κ2) is 6.59. The van der Waals surface area contributed by atoms with Gasteiger partial charge in [-0.2, -0.15) is 0 Å². The van der Waals surface area contributed by atoms with Crippen LogP contribution in [0.5, 0.6) is 5.75 Å². The highest BCUT2D eigenvalue weighted by atomic mass is 16.5. The van der Waals surface area contributed by atoms with E-state index in [4.69, 9.17) is 9.47 Å². The summed E-state index contributed by atoms with van der Waals surface area (Å²) in [4.78, 5) is 0. The summed E-state index contributed by atoms with van der Waals surface area (Å²) in [6, 6.07) is 6.98. The molecule has 0 amide bonds. The lowest BCUT2D eigenvalue weighted by atomic mass is 9.87. The molecule has 1 aliphatic heterocycles. The highest BCUT2D eigenvalue weighted by Crippen LogP contribution is 2.32. The molecule has 3 heteroatoms. The number of ether oxygens (including phenoxy) is 2. The molecule has 0 saturated carbocycles. The first-order valence-electron chi connectivity index (χ1n) is 7.88. The molecule has 2 atom stereocenters. The minimum Gasteiger partial charge on any atom is -0.497 e. The van der Waals surface area contributed by atoms with E-state index in [1.807, 2.05) is 0 Å². The first-order chi connectivity index (χ1) is 9.86. The average molecular weight is 275 g/mol. The molecular formula is C17H25NO2. The lowest BCUT2D eigenvalue weighted by molar-refractivity contribution is 0.0150. The van der Waals surface area contributed by atoms with Gasteiger partial charge >= 0.3 is 0 Å². The monoisotopic (exact) mass is 275 g/mol. The van der Waals surface area contributed by atoms with Crippen molar-refractivity contribution in [3.05, 3.63) is 29.3 Å². The van der Waals surface area contributed by atoms with E-state index in [9.17, 15) is 0 Å². The van der Waals surface area contributed by atoms with Crippen LogP contribution in [0, 0.1) is 0 Å². The van der Waals surface area contributed by atoms with Gasteiger partial charge in [-0.1, -0.05) is 6.07 Å². The van der Waals surface area contributed by atoms with E-state index < -0.39 is 0 Å². The maximum absolute atomic E-state index is 5.81. The Labute approximate surface area is 121 Å². The molecule has 20 heavy (non-hydrogen) atoms. The third-order valence-electron chi connectivity index (χ3n) is 4.53. The van der Waals surface area contributed by atoms with Gasteiger partial charge in [-0.3, -0.25) is 0 Å². The standard InChI is InChI=1S/C17H25NO2/c1-19-14-8-9-16-13(11-14)5-4-7-17(16)18-12-15-6-2-3-10-20-15/h8-9,11,15,17-18H,2-7,10,12H2,1H3. The Bertz CT molecular complexity index is 441. The molecule has 1 heterocycles. The predicted octanol–water partition coefficient (Wildman–Crippen LogP) is 3.23. The SMILES string of the molecule is COc1ccc2c(c1)CCCC2NCC1CCCCO1. The largest absolute Gasteiger partial charge is 0.497 e. The Morgan fingerprint density at radius 3 is 3.00 bits per heavy atom. The normalized spacial score (nSPS) is 26.1. The summed E-state index contributed by atoms with van der Waals surface area (Å²) in [6.07, 6.45) is 7.80. The summed E-state index contributed by atoms with van der Waals surface area (Å²) in [5.74, 6) is 0.972. The van der Waals surface area contributed by atoms with Gasteiger partial charge in [0.25, 0.3) is 0 Å². The minimum atomic E-state index is 0.410. The number of nitrogens with one attached hydrogen (secondary N) is 1. The number of hydrogen-bond acceptors (Lipinski definition) is 3. The fourth-order valence-corrected chi connectivity index (χ4v) is 3.37. The molecule has 0 radical (unpaired) electrons. The van der Waals surface area contributed by atoms with Crippen molar-refractivity contribution in [1.82, 2.24) is 5.32 Å². The van der Waals surface area contributed by atoms with Crippen LogP contribution < -0.4 is 10.1 Å². The van der Waals surface area contributed by atoms with Gasteiger partial charge in [0.05, 0.1) is 13.2 Å². The van der Waals surface area contributed by atoms with Gasteiger partial charge in [0, 0.05) is 19.2 Å². The van der Waals surface area contributed by atoms with Crippen molar-refractivity contribution in [2.75, 3.05) is 20.3 Å². The van der Waals surface area contributed by atoms with E-state index in [2.05, 4.69) is 23.5 Å². The zero-order valence-electron chi connectivity index (χ0n) is 12.4. The second-order valence-corrected chi connectivity index (χ2v) is 5.91. The molecular weight excluding hydrogens is 250 g/mol. The Morgan fingerprint density at radius 1 is 1.25 bits per heavy atom. The van der Waals surface area contributed by atoms with Crippen LogP contribution in [0.1, 0.15) is 49.3 Å². The van der Waals surface area contributed by atoms with E-state index >= 15 is 0 Å². The number of hydrogen-bond donors (Lipinski definition) is 1. The van der Waals surface area contributed by atoms with Gasteiger partial charge < -0.3 is 14.8 Å². The maximum atomic E-state index is 5.81. The van der Waals surface area contributed by atoms with Crippen molar-refractivity contribution < 1.29 is 9.47 Å². The Hall–Kier alpha value is -1.06. The molecule has 1 aromatic carbocycles. The molecule has 0 bridgehead atoms. The van der Waals surface area contributed by atoms with Crippen LogP contribution in [-0.4, -0.2) is 26.4 Å². The van der Waals surface area contributed by atoms with Crippen LogP contribution in [0.25, 0.3) is 0 Å². The van der Waals surface area contributed by atoms with Crippen LogP contribution in [0.2, 0.25) is 0 Å². The van der Waals surface area contributed by atoms with Gasteiger partial charge in [-0.25, -0.2) is 0 Å². The first-order valence-corrected chi connectivity index (χ1v) is 7.88. The molecule has 0 aromatic heterocycles. The lowest BCUT2D eigenvalue weighted by Gasteiger charge is -2.30. The highest BCUT2D eigenvalue weighted by molar-refractivity contribution is 5.39. The van der Waals surface area contributed by atoms with Crippen LogP contribution in [-0.2, 0) is 11.2 Å². The Balaban J connectivity index is 1.63. The van der Waals surface area contributed by atoms with E-state index in [0.717, 1.165) is 18.9 Å². The van der Waals surface area contributed by atoms with Gasteiger partial charge in [0.15, 0.2) is 0 Å². The molecule has 2 unspecified atom stereocenters. The van der Waals surface area contributed by atoms with E-state index in [1.165, 1.54) is 49.7 Å². The third-order valence-corrected chi connectivity index (χ3v) is 4.53. The summed E-state index contributed by atoms with van der Waals surface area (Å²) in [5.41, 5.74) is 2.89. The summed E-state index contributed by atoms with van der Waals surface area (Å²) < 4.78 is 11.1. The lowest BCUT2D eigenvalue weighted by Crippen LogP contribution is -2.35. The van der Waals surface area contributed by atoms with Crippen LogP contribution in [0.4, 0.5) is 0 Å². The van der Waals surface area contributed by atoms with Crippen LogP contribution in [0.3, 0.4) is 0 Å². The van der Waals surface area contributed by atoms with Crippen LogP contribution in [0.15, 0.2) is 18.2 Å². The van der Waals surface area contributed by atoms with Crippen molar-refractivity contribution in [3.8, 4) is 5.75 Å². The smallest absolute Gasteiger partial charge is 0.119 e. The highest BCUT2D eigenvalue weighted by Gasteiger charge is 2.22. The topological polar surface area (TPSA) is 30.5 Å². The number of aryl methyl sites for hydroxylation is 1. The molecule has 110 valence electrons. The van der Waals surface area contributed by atoms with Crippen molar-refractivity contribution >= 4 is 0 Å². The Morgan fingerprint density at radius 2 is 2.20 bits per heavy atom. The summed E-state index contributed by atoms with van der Waals surface area (Å²) >= 11 is 0. The second-order valence-electron chi connectivity index (χ2n) is 5.91. The summed E-state index contributed by atoms with van der Waals surface area (Å²) in [6.45, 7) is 1.92. The van der Waals surface area contributed by atoms with Crippen LogP contribution >= 0.6 is 0 Å². The fourth-order valence-electron chi connectivity index (χ4n) is 3.37. The number of benzene rings is 1. The van der Waals surface area contributed by atoms with Gasteiger partial charge in [-0.05, 0) is 61.8 Å². The molecule has 1 aromatic rings. The molecule has 1 N–H and O–H groups in total.